The van der Waals surface area contributed by atoms with Crippen molar-refractivity contribution < 1.29 is 24.5 Å². The lowest BCUT2D eigenvalue weighted by molar-refractivity contribution is -0.116. The third-order valence-electron chi connectivity index (χ3n) is 5.48. The van der Waals surface area contributed by atoms with Gasteiger partial charge in [0.1, 0.15) is 17.9 Å². The molecule has 1 amide bonds. The molecule has 4 aromatic carbocycles. The summed E-state index contributed by atoms with van der Waals surface area (Å²) in [5.41, 5.74) is 1.69. The summed E-state index contributed by atoms with van der Waals surface area (Å²) in [7, 11) is 0. The molecule has 4 aromatic rings. The molecule has 0 saturated carbocycles. The largest absolute Gasteiger partial charge is 0.505 e. The number of carbonyl (C=O) groups is 2. The molecule has 0 bridgehead atoms. The molecular weight excluding hydrogens is 510 g/mol. The number of hydrogen-bond acceptors (Lipinski definition) is 5. The molecule has 4 rings (SSSR count). The van der Waals surface area contributed by atoms with E-state index in [0.29, 0.717) is 18.1 Å². The van der Waals surface area contributed by atoms with Crippen LogP contribution in [0.5, 0.6) is 11.5 Å². The number of halogens is 1. The molecule has 0 saturated heterocycles. The molecule has 37 heavy (non-hydrogen) atoms. The topological polar surface area (TPSA) is 95.9 Å². The van der Waals surface area contributed by atoms with Crippen molar-refractivity contribution in [1.29, 1.82) is 0 Å². The number of ether oxygens (including phenoxy) is 1. The number of benzene rings is 4. The number of amides is 1. The predicted octanol–water partition coefficient (Wildman–Crippen LogP) is 7.05. The zero-order valence-electron chi connectivity index (χ0n) is 19.7. The second kappa shape index (κ2) is 12.3. The second-order valence-corrected chi connectivity index (χ2v) is 9.71. The lowest BCUT2D eigenvalue weighted by atomic mass is 10.1. The number of aromatic carboxylic acids is 1. The Bertz CT molecular complexity index is 1410. The summed E-state index contributed by atoms with van der Waals surface area (Å²) in [6.07, 6.45) is 0.502. The van der Waals surface area contributed by atoms with E-state index in [1.54, 1.807) is 11.8 Å². The Morgan fingerprint density at radius 1 is 0.892 bits per heavy atom. The van der Waals surface area contributed by atoms with E-state index in [9.17, 15) is 14.7 Å². The Morgan fingerprint density at radius 3 is 2.41 bits per heavy atom. The molecule has 6 nitrogen and oxygen atoms in total. The molecule has 0 radical (unpaired) electrons. The third kappa shape index (κ3) is 7.29. The van der Waals surface area contributed by atoms with Crippen molar-refractivity contribution in [1.82, 2.24) is 0 Å². The van der Waals surface area contributed by atoms with Gasteiger partial charge >= 0.3 is 5.97 Å². The summed E-state index contributed by atoms with van der Waals surface area (Å²) < 4.78 is 5.91. The number of carboxylic acids is 1. The van der Waals surface area contributed by atoms with Gasteiger partial charge in [-0.25, -0.2) is 4.79 Å². The fourth-order valence-electron chi connectivity index (χ4n) is 3.58. The number of aryl methyl sites for hydroxylation is 1. The maximum absolute atomic E-state index is 12.4. The van der Waals surface area contributed by atoms with Crippen LogP contribution in [0.2, 0.25) is 5.02 Å². The molecule has 0 aromatic heterocycles. The standard InChI is InChI=1S/C29H24ClNO5S/c30-25-17-23(37-22-9-4-8-21(16-22)36-18-19-6-2-1-3-7-19)14-12-20(25)13-15-27(32)31-26-11-5-10-24(28(26)33)29(34)35/h1-12,14,16-17,33H,13,15,18H2,(H,31,32)(H,34,35). The van der Waals surface area contributed by atoms with Crippen molar-refractivity contribution in [2.45, 2.75) is 29.2 Å². The van der Waals surface area contributed by atoms with Crippen LogP contribution in [0.15, 0.2) is 101 Å². The van der Waals surface area contributed by atoms with Gasteiger partial charge in [-0.2, -0.15) is 0 Å². The first-order valence-electron chi connectivity index (χ1n) is 11.5. The molecule has 0 aliphatic carbocycles. The van der Waals surface area contributed by atoms with Gasteiger partial charge in [-0.05, 0) is 60.0 Å². The van der Waals surface area contributed by atoms with E-state index in [2.05, 4.69) is 5.32 Å². The fourth-order valence-corrected chi connectivity index (χ4v) is 4.82. The number of carbonyl (C=O) groups excluding carboxylic acids is 1. The quantitative estimate of drug-likeness (QED) is 0.189. The molecule has 0 unspecified atom stereocenters. The van der Waals surface area contributed by atoms with Crippen molar-refractivity contribution in [2.24, 2.45) is 0 Å². The van der Waals surface area contributed by atoms with Crippen LogP contribution < -0.4 is 10.1 Å². The number of anilines is 1. The van der Waals surface area contributed by atoms with E-state index in [-0.39, 0.29) is 23.6 Å². The van der Waals surface area contributed by atoms with Crippen LogP contribution in [-0.2, 0) is 17.8 Å². The number of aromatic hydroxyl groups is 1. The van der Waals surface area contributed by atoms with Crippen molar-refractivity contribution >= 4 is 40.9 Å². The first-order chi connectivity index (χ1) is 17.9. The average Bonchev–Trinajstić information content (AvgIpc) is 2.89. The average molecular weight is 534 g/mol. The summed E-state index contributed by atoms with van der Waals surface area (Å²) >= 11 is 8.05. The van der Waals surface area contributed by atoms with E-state index in [4.69, 9.17) is 21.4 Å². The van der Waals surface area contributed by atoms with Crippen molar-refractivity contribution in [3.63, 3.8) is 0 Å². The highest BCUT2D eigenvalue weighted by Gasteiger charge is 2.15. The minimum absolute atomic E-state index is 0.0534. The van der Waals surface area contributed by atoms with Gasteiger partial charge in [0, 0.05) is 21.2 Å². The van der Waals surface area contributed by atoms with Crippen LogP contribution >= 0.6 is 23.4 Å². The zero-order valence-corrected chi connectivity index (χ0v) is 21.3. The molecule has 0 spiro atoms. The summed E-state index contributed by atoms with van der Waals surface area (Å²) in [6.45, 7) is 0.494. The van der Waals surface area contributed by atoms with Crippen molar-refractivity contribution in [2.75, 3.05) is 5.32 Å². The first-order valence-corrected chi connectivity index (χ1v) is 12.7. The Morgan fingerprint density at radius 2 is 1.65 bits per heavy atom. The van der Waals surface area contributed by atoms with Crippen LogP contribution in [-0.4, -0.2) is 22.1 Å². The molecule has 0 atom stereocenters. The van der Waals surface area contributed by atoms with Crippen molar-refractivity contribution in [3.8, 4) is 11.5 Å². The number of phenols is 1. The molecular formula is C29H24ClNO5S. The Balaban J connectivity index is 1.33. The van der Waals surface area contributed by atoms with Gasteiger partial charge in [0.25, 0.3) is 0 Å². The number of hydrogen-bond donors (Lipinski definition) is 3. The summed E-state index contributed by atoms with van der Waals surface area (Å²) in [5.74, 6) is -1.33. The molecule has 0 heterocycles. The minimum Gasteiger partial charge on any atom is -0.505 e. The Labute approximate surface area is 223 Å². The molecule has 0 fully saturated rings. The maximum atomic E-state index is 12.4. The summed E-state index contributed by atoms with van der Waals surface area (Å²) in [6, 6.07) is 27.7. The molecule has 0 aliphatic rings. The zero-order chi connectivity index (χ0) is 26.2. The monoisotopic (exact) mass is 533 g/mol. The highest BCUT2D eigenvalue weighted by atomic mass is 35.5. The molecule has 0 aliphatic heterocycles. The highest BCUT2D eigenvalue weighted by molar-refractivity contribution is 7.99. The van der Waals surface area contributed by atoms with Gasteiger partial charge in [-0.15, -0.1) is 0 Å². The lowest BCUT2D eigenvalue weighted by Crippen LogP contribution is -2.13. The summed E-state index contributed by atoms with van der Waals surface area (Å²) in [5, 5.41) is 22.3. The second-order valence-electron chi connectivity index (χ2n) is 8.16. The van der Waals surface area contributed by atoms with Gasteiger partial charge in [-0.3, -0.25) is 4.79 Å². The number of carboxylic acid groups (broad SMARTS) is 1. The van der Waals surface area contributed by atoms with Crippen LogP contribution in [0.4, 0.5) is 5.69 Å². The fraction of sp³-hybridized carbons (Fsp3) is 0.103. The van der Waals surface area contributed by atoms with Gasteiger partial charge in [0.2, 0.25) is 5.91 Å². The lowest BCUT2D eigenvalue weighted by Gasteiger charge is -2.11. The molecule has 188 valence electrons. The predicted molar refractivity (Wildman–Crippen MR) is 145 cm³/mol. The third-order valence-corrected chi connectivity index (χ3v) is 6.81. The number of rotatable bonds is 10. The van der Waals surface area contributed by atoms with Gasteiger partial charge in [0.15, 0.2) is 5.75 Å². The van der Waals surface area contributed by atoms with Gasteiger partial charge in [-0.1, -0.05) is 71.9 Å². The molecule has 8 heteroatoms. The number of nitrogens with one attached hydrogen (secondary N) is 1. The van der Waals surface area contributed by atoms with Gasteiger partial charge < -0.3 is 20.3 Å². The maximum Gasteiger partial charge on any atom is 0.339 e. The highest BCUT2D eigenvalue weighted by Crippen LogP contribution is 2.33. The van der Waals surface area contributed by atoms with E-state index in [1.165, 1.54) is 18.2 Å². The van der Waals surface area contributed by atoms with E-state index in [0.717, 1.165) is 26.7 Å². The van der Waals surface area contributed by atoms with E-state index in [1.807, 2.05) is 72.8 Å². The SMILES string of the molecule is O=C(CCc1ccc(Sc2cccc(OCc3ccccc3)c2)cc1Cl)Nc1cccc(C(=O)O)c1O. The smallest absolute Gasteiger partial charge is 0.339 e. The Hall–Kier alpha value is -3.94. The number of para-hydroxylation sites is 1. The van der Waals surface area contributed by atoms with E-state index >= 15 is 0 Å². The van der Waals surface area contributed by atoms with E-state index < -0.39 is 11.7 Å². The van der Waals surface area contributed by atoms with Gasteiger partial charge in [0.05, 0.1) is 5.69 Å². The van der Waals surface area contributed by atoms with Crippen LogP contribution in [0.25, 0.3) is 0 Å². The van der Waals surface area contributed by atoms with Crippen molar-refractivity contribution in [3.05, 3.63) is 113 Å². The first kappa shape index (κ1) is 26.1. The Kier molecular flexibility index (Phi) is 8.72. The normalized spacial score (nSPS) is 10.6. The minimum atomic E-state index is -1.27. The van der Waals surface area contributed by atoms with Crippen LogP contribution in [0.1, 0.15) is 27.9 Å². The molecule has 3 N–H and O–H groups in total. The summed E-state index contributed by atoms with van der Waals surface area (Å²) in [4.78, 5) is 25.5. The van der Waals surface area contributed by atoms with Crippen LogP contribution in [0.3, 0.4) is 0 Å². The van der Waals surface area contributed by atoms with Crippen LogP contribution in [0, 0.1) is 0 Å².